The van der Waals surface area contributed by atoms with E-state index in [-0.39, 0.29) is 31.3 Å². The van der Waals surface area contributed by atoms with Crippen molar-refractivity contribution in [2.45, 2.75) is 32.0 Å². The van der Waals surface area contributed by atoms with Crippen LogP contribution in [-0.2, 0) is 22.7 Å². The van der Waals surface area contributed by atoms with Gasteiger partial charge in [0.05, 0.1) is 10.0 Å². The maximum absolute atomic E-state index is 12.7. The van der Waals surface area contributed by atoms with Crippen LogP contribution in [0.4, 0.5) is 10.5 Å². The van der Waals surface area contributed by atoms with Gasteiger partial charge in [-0.1, -0.05) is 35.3 Å². The number of nitrogens with zero attached hydrogens (tertiary/aromatic N) is 1. The lowest BCUT2D eigenvalue weighted by Crippen LogP contribution is -2.52. The molecule has 1 fully saturated rings. The molecular formula is C21H18Cl2N4O4. The maximum Gasteiger partial charge on any atom is 0.319 e. The Morgan fingerprint density at radius 3 is 2.65 bits per heavy atom. The molecule has 2 aliphatic rings. The van der Waals surface area contributed by atoms with E-state index in [9.17, 15) is 19.2 Å². The first kappa shape index (κ1) is 21.1. The predicted octanol–water partition coefficient (Wildman–Crippen LogP) is 3.08. The minimum absolute atomic E-state index is 0.208. The fraction of sp³-hybridized carbons (Fsp3) is 0.238. The summed E-state index contributed by atoms with van der Waals surface area (Å²) >= 11 is 11.8. The highest BCUT2D eigenvalue weighted by Crippen LogP contribution is 2.28. The Kier molecular flexibility index (Phi) is 5.84. The molecule has 0 aromatic heterocycles. The van der Waals surface area contributed by atoms with Gasteiger partial charge in [0.25, 0.3) is 5.91 Å². The molecule has 2 aromatic carbocycles. The summed E-state index contributed by atoms with van der Waals surface area (Å²) in [6.45, 7) is 0.525. The van der Waals surface area contributed by atoms with Gasteiger partial charge in [0, 0.05) is 30.8 Å². The second kappa shape index (κ2) is 8.56. The molecule has 5 amide bonds. The topological polar surface area (TPSA) is 108 Å². The summed E-state index contributed by atoms with van der Waals surface area (Å²) in [5.74, 6) is -1.00. The lowest BCUT2D eigenvalue weighted by molar-refractivity contribution is -0.136. The first-order valence-electron chi connectivity index (χ1n) is 9.58. The molecule has 31 heavy (non-hydrogen) atoms. The molecule has 1 unspecified atom stereocenters. The number of rotatable bonds is 4. The largest absolute Gasteiger partial charge is 0.334 e. The Labute approximate surface area is 187 Å². The van der Waals surface area contributed by atoms with Gasteiger partial charge in [0.15, 0.2) is 0 Å². The summed E-state index contributed by atoms with van der Waals surface area (Å²) in [6, 6.07) is 8.98. The third-order valence-corrected chi connectivity index (χ3v) is 5.96. The molecule has 3 N–H and O–H groups in total. The van der Waals surface area contributed by atoms with Crippen LogP contribution in [0.2, 0.25) is 10.0 Å². The highest BCUT2D eigenvalue weighted by molar-refractivity contribution is 6.42. The Balaban J connectivity index is 1.38. The molecule has 0 radical (unpaired) electrons. The molecule has 1 atom stereocenters. The van der Waals surface area contributed by atoms with Gasteiger partial charge in [0.1, 0.15) is 6.04 Å². The third-order valence-electron chi connectivity index (χ3n) is 5.22. The number of carbonyl (C=O) groups excluding carboxylic acids is 4. The van der Waals surface area contributed by atoms with Gasteiger partial charge >= 0.3 is 6.03 Å². The normalized spacial score (nSPS) is 17.9. The number of nitrogens with one attached hydrogen (secondary N) is 3. The van der Waals surface area contributed by atoms with Gasteiger partial charge in [-0.15, -0.1) is 0 Å². The van der Waals surface area contributed by atoms with Gasteiger partial charge in [0.2, 0.25) is 11.8 Å². The van der Waals surface area contributed by atoms with E-state index >= 15 is 0 Å². The lowest BCUT2D eigenvalue weighted by atomic mass is 10.0. The van der Waals surface area contributed by atoms with Crippen LogP contribution in [0.15, 0.2) is 36.4 Å². The fourth-order valence-corrected chi connectivity index (χ4v) is 3.97. The van der Waals surface area contributed by atoms with Crippen LogP contribution >= 0.6 is 23.2 Å². The molecule has 0 bridgehead atoms. The summed E-state index contributed by atoms with van der Waals surface area (Å²) in [6.07, 6.45) is 0.521. The summed E-state index contributed by atoms with van der Waals surface area (Å²) in [5.41, 5.74) is 2.61. The average Bonchev–Trinajstić information content (AvgIpc) is 3.05. The summed E-state index contributed by atoms with van der Waals surface area (Å²) in [5, 5.41) is 8.43. The molecule has 10 heteroatoms. The number of amides is 5. The molecule has 0 aliphatic carbocycles. The molecule has 0 saturated carbocycles. The standard InChI is InChI=1S/C21H18Cl2N4O4/c22-15-4-2-13(8-16(15)23)25-21(31)24-9-11-1-3-14-12(7-11)10-27(20(14)30)17-5-6-18(28)26-19(17)29/h1-4,7-8,17H,5-6,9-10H2,(H2,24,25,31)(H,26,28,29). The second-order valence-corrected chi connectivity index (χ2v) is 8.14. The quantitative estimate of drug-likeness (QED) is 0.609. The van der Waals surface area contributed by atoms with E-state index in [1.54, 1.807) is 30.3 Å². The monoisotopic (exact) mass is 460 g/mol. The van der Waals surface area contributed by atoms with E-state index in [4.69, 9.17) is 23.2 Å². The van der Waals surface area contributed by atoms with Crippen molar-refractivity contribution in [2.24, 2.45) is 0 Å². The number of halogens is 2. The average molecular weight is 461 g/mol. The van der Waals surface area contributed by atoms with Crippen molar-refractivity contribution in [3.8, 4) is 0 Å². The molecule has 4 rings (SSSR count). The van der Waals surface area contributed by atoms with Crippen LogP contribution in [0.25, 0.3) is 0 Å². The molecule has 0 spiro atoms. The fourth-order valence-electron chi connectivity index (χ4n) is 3.67. The Morgan fingerprint density at radius 2 is 1.90 bits per heavy atom. The van der Waals surface area contributed by atoms with E-state index in [1.807, 2.05) is 6.07 Å². The van der Waals surface area contributed by atoms with Crippen LogP contribution in [0, 0.1) is 0 Å². The Hall–Kier alpha value is -3.10. The van der Waals surface area contributed by atoms with Crippen molar-refractivity contribution in [1.82, 2.24) is 15.5 Å². The van der Waals surface area contributed by atoms with Crippen molar-refractivity contribution in [1.29, 1.82) is 0 Å². The highest BCUT2D eigenvalue weighted by Gasteiger charge is 2.39. The smallest absolute Gasteiger partial charge is 0.319 e. The van der Waals surface area contributed by atoms with Crippen LogP contribution in [0.5, 0.6) is 0 Å². The number of benzene rings is 2. The zero-order valence-electron chi connectivity index (χ0n) is 16.2. The van der Waals surface area contributed by atoms with Gasteiger partial charge in [-0.25, -0.2) is 4.79 Å². The SMILES string of the molecule is O=C1CCC(N2Cc3cc(CNC(=O)Nc4ccc(Cl)c(Cl)c4)ccc3C2=O)C(=O)N1. The lowest BCUT2D eigenvalue weighted by Gasteiger charge is -2.29. The molecule has 160 valence electrons. The number of fused-ring (bicyclic) bond motifs is 1. The predicted molar refractivity (Wildman–Crippen MR) is 115 cm³/mol. The zero-order chi connectivity index (χ0) is 22.1. The van der Waals surface area contributed by atoms with Gasteiger partial charge in [-0.05, 0) is 41.8 Å². The van der Waals surface area contributed by atoms with Crippen molar-refractivity contribution < 1.29 is 19.2 Å². The van der Waals surface area contributed by atoms with Crippen molar-refractivity contribution in [3.63, 3.8) is 0 Å². The van der Waals surface area contributed by atoms with E-state index in [2.05, 4.69) is 16.0 Å². The second-order valence-electron chi connectivity index (χ2n) is 7.33. The summed E-state index contributed by atoms with van der Waals surface area (Å²) < 4.78 is 0. The molecule has 2 heterocycles. The number of anilines is 1. The number of hydrogen-bond donors (Lipinski definition) is 3. The Bertz CT molecular complexity index is 1100. The Morgan fingerprint density at radius 1 is 1.10 bits per heavy atom. The number of carbonyl (C=O) groups is 4. The summed E-state index contributed by atoms with van der Waals surface area (Å²) in [7, 11) is 0. The van der Waals surface area contributed by atoms with Gasteiger partial charge in [-0.3, -0.25) is 19.7 Å². The van der Waals surface area contributed by atoms with Gasteiger partial charge in [-0.2, -0.15) is 0 Å². The molecule has 2 aliphatic heterocycles. The van der Waals surface area contributed by atoms with E-state index in [0.717, 1.165) is 11.1 Å². The first-order chi connectivity index (χ1) is 14.8. The van der Waals surface area contributed by atoms with Crippen LogP contribution in [0.3, 0.4) is 0 Å². The molecule has 8 nitrogen and oxygen atoms in total. The van der Waals surface area contributed by atoms with Crippen LogP contribution < -0.4 is 16.0 Å². The van der Waals surface area contributed by atoms with Crippen molar-refractivity contribution in [3.05, 3.63) is 63.1 Å². The highest BCUT2D eigenvalue weighted by atomic mass is 35.5. The zero-order valence-corrected chi connectivity index (χ0v) is 17.7. The molecule has 2 aromatic rings. The van der Waals surface area contributed by atoms with Crippen LogP contribution in [0.1, 0.15) is 34.3 Å². The summed E-state index contributed by atoms with van der Waals surface area (Å²) in [4.78, 5) is 49.9. The van der Waals surface area contributed by atoms with Crippen molar-refractivity contribution >= 4 is 52.6 Å². The van der Waals surface area contributed by atoms with E-state index < -0.39 is 18.0 Å². The van der Waals surface area contributed by atoms with E-state index in [0.29, 0.717) is 27.7 Å². The number of urea groups is 1. The molecular weight excluding hydrogens is 443 g/mol. The number of imide groups is 1. The minimum atomic E-state index is -0.656. The van der Waals surface area contributed by atoms with Crippen molar-refractivity contribution in [2.75, 3.05) is 5.32 Å². The van der Waals surface area contributed by atoms with E-state index in [1.165, 1.54) is 4.90 Å². The minimum Gasteiger partial charge on any atom is -0.334 e. The number of hydrogen-bond acceptors (Lipinski definition) is 4. The first-order valence-corrected chi connectivity index (χ1v) is 10.3. The van der Waals surface area contributed by atoms with Crippen LogP contribution in [-0.4, -0.2) is 34.7 Å². The molecule has 1 saturated heterocycles. The third kappa shape index (κ3) is 4.50. The maximum atomic E-state index is 12.7. The van der Waals surface area contributed by atoms with Gasteiger partial charge < -0.3 is 15.5 Å². The number of piperidine rings is 1.